The predicted molar refractivity (Wildman–Crippen MR) is 71.6 cm³/mol. The topological polar surface area (TPSA) is 27.0 Å². The van der Waals surface area contributed by atoms with E-state index >= 15 is 0 Å². The van der Waals surface area contributed by atoms with Gasteiger partial charge in [0.15, 0.2) is 5.82 Å². The van der Waals surface area contributed by atoms with Crippen molar-refractivity contribution < 1.29 is 4.39 Å². The van der Waals surface area contributed by atoms with Crippen molar-refractivity contribution in [2.24, 2.45) is 0 Å². The number of benzene rings is 1. The Labute approximate surface area is 110 Å². The summed E-state index contributed by atoms with van der Waals surface area (Å²) < 4.78 is 14.4. The van der Waals surface area contributed by atoms with Crippen molar-refractivity contribution in [1.29, 1.82) is 5.26 Å². The van der Waals surface area contributed by atoms with E-state index < -0.39 is 0 Å². The standard InChI is InChI=1S/C13H16BrFN2/c1-3-7-17(8-4-2)11-6-5-10(9-16)12(14)13(11)15/h5-6H,3-4,7-8H2,1-2H3. The lowest BCUT2D eigenvalue weighted by atomic mass is 10.2. The molecule has 0 aliphatic carbocycles. The zero-order valence-corrected chi connectivity index (χ0v) is 11.7. The number of anilines is 1. The maximum Gasteiger partial charge on any atom is 0.161 e. The summed E-state index contributed by atoms with van der Waals surface area (Å²) in [6, 6.07) is 5.30. The first-order valence-electron chi connectivity index (χ1n) is 5.78. The number of hydrogen-bond donors (Lipinski definition) is 0. The van der Waals surface area contributed by atoms with E-state index in [2.05, 4.69) is 29.8 Å². The van der Waals surface area contributed by atoms with E-state index in [1.165, 1.54) is 0 Å². The molecule has 1 rings (SSSR count). The van der Waals surface area contributed by atoms with Crippen molar-refractivity contribution in [2.45, 2.75) is 26.7 Å². The molecule has 0 spiro atoms. The highest BCUT2D eigenvalue weighted by Crippen LogP contribution is 2.29. The lowest BCUT2D eigenvalue weighted by molar-refractivity contribution is 0.606. The molecular weight excluding hydrogens is 283 g/mol. The van der Waals surface area contributed by atoms with Crippen molar-refractivity contribution in [3.63, 3.8) is 0 Å². The van der Waals surface area contributed by atoms with Crippen LogP contribution in [0.3, 0.4) is 0 Å². The fourth-order valence-corrected chi connectivity index (χ4v) is 2.19. The molecule has 0 saturated heterocycles. The summed E-state index contributed by atoms with van der Waals surface area (Å²) in [5, 5.41) is 8.82. The SMILES string of the molecule is CCCN(CCC)c1ccc(C#N)c(Br)c1F. The third-order valence-electron chi connectivity index (χ3n) is 2.51. The molecule has 0 aliphatic rings. The van der Waals surface area contributed by atoms with Crippen LogP contribution >= 0.6 is 15.9 Å². The Hall–Kier alpha value is -1.08. The van der Waals surface area contributed by atoms with Gasteiger partial charge in [-0.25, -0.2) is 4.39 Å². The molecule has 1 aromatic carbocycles. The molecule has 0 unspecified atom stereocenters. The minimum atomic E-state index is -0.342. The van der Waals surface area contributed by atoms with Crippen LogP contribution in [0.4, 0.5) is 10.1 Å². The average Bonchev–Trinajstić information content (AvgIpc) is 2.32. The van der Waals surface area contributed by atoms with Gasteiger partial charge >= 0.3 is 0 Å². The van der Waals surface area contributed by atoms with Gasteiger partial charge in [0.2, 0.25) is 0 Å². The zero-order chi connectivity index (χ0) is 12.8. The van der Waals surface area contributed by atoms with E-state index in [-0.39, 0.29) is 10.3 Å². The van der Waals surface area contributed by atoms with Crippen LogP contribution in [0, 0.1) is 17.1 Å². The fraction of sp³-hybridized carbons (Fsp3) is 0.462. The highest BCUT2D eigenvalue weighted by Gasteiger charge is 2.15. The van der Waals surface area contributed by atoms with Crippen molar-refractivity contribution in [1.82, 2.24) is 0 Å². The normalized spacial score (nSPS) is 10.1. The average molecular weight is 299 g/mol. The molecule has 92 valence electrons. The van der Waals surface area contributed by atoms with Crippen LogP contribution in [0.5, 0.6) is 0 Å². The van der Waals surface area contributed by atoms with E-state index in [4.69, 9.17) is 5.26 Å². The van der Waals surface area contributed by atoms with Gasteiger partial charge < -0.3 is 4.90 Å². The van der Waals surface area contributed by atoms with Crippen LogP contribution in [-0.4, -0.2) is 13.1 Å². The number of halogens is 2. The fourth-order valence-electron chi connectivity index (χ4n) is 1.76. The van der Waals surface area contributed by atoms with Gasteiger partial charge in [0, 0.05) is 13.1 Å². The molecule has 4 heteroatoms. The van der Waals surface area contributed by atoms with E-state index in [0.717, 1.165) is 25.9 Å². The van der Waals surface area contributed by atoms with Crippen LogP contribution in [-0.2, 0) is 0 Å². The molecule has 17 heavy (non-hydrogen) atoms. The maximum atomic E-state index is 14.1. The summed E-state index contributed by atoms with van der Waals surface area (Å²) in [5.74, 6) is -0.342. The van der Waals surface area contributed by atoms with Crippen LogP contribution in [0.25, 0.3) is 0 Å². The number of nitriles is 1. The van der Waals surface area contributed by atoms with Gasteiger partial charge in [-0.15, -0.1) is 0 Å². The molecule has 0 amide bonds. The Morgan fingerprint density at radius 3 is 2.35 bits per heavy atom. The lowest BCUT2D eigenvalue weighted by Crippen LogP contribution is -2.26. The summed E-state index contributed by atoms with van der Waals surface area (Å²) in [6.45, 7) is 5.78. The molecule has 1 aromatic rings. The number of rotatable bonds is 5. The summed E-state index contributed by atoms with van der Waals surface area (Å²) in [7, 11) is 0. The summed E-state index contributed by atoms with van der Waals surface area (Å²) in [6.07, 6.45) is 1.94. The Balaban J connectivity index is 3.12. The van der Waals surface area contributed by atoms with Gasteiger partial charge in [0.25, 0.3) is 0 Å². The van der Waals surface area contributed by atoms with Crippen LogP contribution in [0.15, 0.2) is 16.6 Å². The van der Waals surface area contributed by atoms with E-state index in [1.54, 1.807) is 12.1 Å². The van der Waals surface area contributed by atoms with Gasteiger partial charge in [-0.05, 0) is 40.9 Å². The molecule has 0 saturated carbocycles. The van der Waals surface area contributed by atoms with Gasteiger partial charge in [-0.2, -0.15) is 5.26 Å². The summed E-state index contributed by atoms with van der Waals surface area (Å²) in [4.78, 5) is 2.02. The van der Waals surface area contributed by atoms with Crippen molar-refractivity contribution in [3.05, 3.63) is 28.0 Å². The second kappa shape index (κ2) is 6.61. The van der Waals surface area contributed by atoms with E-state index in [0.29, 0.717) is 11.3 Å². The Bertz CT molecular complexity index is 420. The molecule has 0 bridgehead atoms. The van der Waals surface area contributed by atoms with Gasteiger partial charge in [0.05, 0.1) is 15.7 Å². The smallest absolute Gasteiger partial charge is 0.161 e. The molecule has 0 fully saturated rings. The maximum absolute atomic E-state index is 14.1. The number of hydrogen-bond acceptors (Lipinski definition) is 2. The Kier molecular flexibility index (Phi) is 5.43. The molecule has 0 aromatic heterocycles. The summed E-state index contributed by atoms with van der Waals surface area (Å²) in [5.41, 5.74) is 0.902. The molecule has 0 atom stereocenters. The second-order valence-corrected chi connectivity index (χ2v) is 4.65. The monoisotopic (exact) mass is 298 g/mol. The van der Waals surface area contributed by atoms with Crippen molar-refractivity contribution in [2.75, 3.05) is 18.0 Å². The molecule has 0 radical (unpaired) electrons. The van der Waals surface area contributed by atoms with Gasteiger partial charge in [-0.1, -0.05) is 13.8 Å². The third kappa shape index (κ3) is 3.19. The molecule has 0 N–H and O–H groups in total. The van der Waals surface area contributed by atoms with Crippen molar-refractivity contribution in [3.8, 4) is 6.07 Å². The van der Waals surface area contributed by atoms with Crippen LogP contribution < -0.4 is 4.90 Å². The minimum absolute atomic E-state index is 0.259. The second-order valence-electron chi connectivity index (χ2n) is 3.86. The third-order valence-corrected chi connectivity index (χ3v) is 3.29. The Morgan fingerprint density at radius 2 is 1.88 bits per heavy atom. The highest BCUT2D eigenvalue weighted by molar-refractivity contribution is 9.10. The quantitative estimate of drug-likeness (QED) is 0.819. The first kappa shape index (κ1) is 14.0. The van der Waals surface area contributed by atoms with Crippen LogP contribution in [0.1, 0.15) is 32.3 Å². The predicted octanol–water partition coefficient (Wildman–Crippen LogP) is 4.09. The summed E-state index contributed by atoms with van der Waals surface area (Å²) >= 11 is 3.14. The van der Waals surface area contributed by atoms with E-state index in [9.17, 15) is 4.39 Å². The first-order valence-corrected chi connectivity index (χ1v) is 6.58. The molecule has 0 heterocycles. The first-order chi connectivity index (χ1) is 8.15. The lowest BCUT2D eigenvalue weighted by Gasteiger charge is -2.24. The van der Waals surface area contributed by atoms with E-state index in [1.807, 2.05) is 11.0 Å². The molecule has 2 nitrogen and oxygen atoms in total. The van der Waals surface area contributed by atoms with Gasteiger partial charge in [0.1, 0.15) is 6.07 Å². The zero-order valence-electron chi connectivity index (χ0n) is 10.1. The highest BCUT2D eigenvalue weighted by atomic mass is 79.9. The largest absolute Gasteiger partial charge is 0.369 e. The molecule has 0 aliphatic heterocycles. The van der Waals surface area contributed by atoms with Crippen molar-refractivity contribution >= 4 is 21.6 Å². The number of nitrogens with zero attached hydrogens (tertiary/aromatic N) is 2. The van der Waals surface area contributed by atoms with Crippen LogP contribution in [0.2, 0.25) is 0 Å². The minimum Gasteiger partial charge on any atom is -0.369 e. The van der Waals surface area contributed by atoms with Gasteiger partial charge in [-0.3, -0.25) is 0 Å². The molecular formula is C13H16BrFN2. The Morgan fingerprint density at radius 1 is 1.29 bits per heavy atom.